The van der Waals surface area contributed by atoms with Crippen molar-refractivity contribution < 1.29 is 14.4 Å². The number of aryl methyl sites for hydroxylation is 1. The van der Waals surface area contributed by atoms with Crippen LogP contribution in [0.25, 0.3) is 0 Å². The minimum atomic E-state index is -1.05. The van der Waals surface area contributed by atoms with Crippen molar-refractivity contribution in [2.45, 2.75) is 64.6 Å². The second-order valence-corrected chi connectivity index (χ2v) is 8.86. The summed E-state index contributed by atoms with van der Waals surface area (Å²) in [6.45, 7) is 8.69. The highest BCUT2D eigenvalue weighted by Crippen LogP contribution is 2.61. The summed E-state index contributed by atoms with van der Waals surface area (Å²) in [5.74, 6) is -1.42. The summed E-state index contributed by atoms with van der Waals surface area (Å²) in [5.41, 5.74) is 2.82. The number of hydrogen-bond acceptors (Lipinski definition) is 4. The van der Waals surface area contributed by atoms with E-state index in [1.807, 2.05) is 39.8 Å². The molecule has 6 nitrogen and oxygen atoms in total. The lowest BCUT2D eigenvalue weighted by Crippen LogP contribution is -2.54. The number of benzene rings is 1. The van der Waals surface area contributed by atoms with Crippen molar-refractivity contribution in [2.75, 3.05) is 11.9 Å². The van der Waals surface area contributed by atoms with Crippen molar-refractivity contribution in [3.63, 3.8) is 0 Å². The van der Waals surface area contributed by atoms with Crippen molar-refractivity contribution in [2.24, 2.45) is 11.8 Å². The highest BCUT2D eigenvalue weighted by atomic mass is 16.2. The first-order chi connectivity index (χ1) is 13.4. The van der Waals surface area contributed by atoms with Gasteiger partial charge in [0.05, 0.1) is 11.8 Å². The lowest BCUT2D eigenvalue weighted by molar-refractivity contribution is -0.147. The van der Waals surface area contributed by atoms with E-state index in [1.165, 1.54) is 4.90 Å². The van der Waals surface area contributed by atoms with Gasteiger partial charge < -0.3 is 5.32 Å². The van der Waals surface area contributed by atoms with Gasteiger partial charge in [0.25, 0.3) is 0 Å². The first-order valence-corrected chi connectivity index (χ1v) is 10.4. The molecule has 1 aromatic carbocycles. The Morgan fingerprint density at radius 3 is 2.68 bits per heavy atom. The normalized spacial score (nSPS) is 34.8. The molecule has 0 bridgehead atoms. The molecule has 1 N–H and O–H groups in total. The fraction of sp³-hybridized carbons (Fsp3) is 0.591. The monoisotopic (exact) mass is 381 g/mol. The summed E-state index contributed by atoms with van der Waals surface area (Å²) in [4.78, 5) is 44.2. The Labute approximate surface area is 165 Å². The van der Waals surface area contributed by atoms with Gasteiger partial charge in [-0.3, -0.25) is 24.2 Å². The Hall–Kier alpha value is -2.21. The predicted octanol–water partition coefficient (Wildman–Crippen LogP) is 2.33. The molecule has 5 unspecified atom stereocenters. The average Bonchev–Trinajstić information content (AvgIpc) is 3.37. The molecule has 28 heavy (non-hydrogen) atoms. The van der Waals surface area contributed by atoms with Crippen LogP contribution >= 0.6 is 0 Å². The molecule has 3 fully saturated rings. The van der Waals surface area contributed by atoms with Crippen LogP contribution < -0.4 is 5.32 Å². The number of amides is 3. The molecule has 5 rings (SSSR count). The Balaban J connectivity index is 1.75. The smallest absolute Gasteiger partial charge is 0.250 e. The van der Waals surface area contributed by atoms with Gasteiger partial charge in [0.1, 0.15) is 5.54 Å². The van der Waals surface area contributed by atoms with E-state index >= 15 is 0 Å². The largest absolute Gasteiger partial charge is 0.324 e. The quantitative estimate of drug-likeness (QED) is 0.799. The summed E-state index contributed by atoms with van der Waals surface area (Å²) in [7, 11) is 0. The van der Waals surface area contributed by atoms with E-state index in [4.69, 9.17) is 0 Å². The van der Waals surface area contributed by atoms with Crippen LogP contribution in [0, 0.1) is 25.7 Å². The molecule has 6 heteroatoms. The molecule has 0 aromatic heterocycles. The minimum absolute atomic E-state index is 0.0335. The van der Waals surface area contributed by atoms with Crippen LogP contribution in [-0.4, -0.2) is 46.1 Å². The molecule has 5 atom stereocenters. The molecular formula is C22H27N3O3. The third-order valence-corrected chi connectivity index (χ3v) is 7.76. The fourth-order valence-corrected chi connectivity index (χ4v) is 6.16. The Morgan fingerprint density at radius 1 is 1.21 bits per heavy atom. The standard InChI is InChI=1S/C22H27N3O3/c1-5-12(3)25-19(26)16-15-7-6-10-24(15)22(17(16)20(25)27)14-9-8-11(2)13(4)18(14)23-21(22)28/h8-9,12,15-17H,5-7,10H2,1-4H3,(H,23,28). The minimum Gasteiger partial charge on any atom is -0.324 e. The number of likely N-dealkylation sites (tertiary alicyclic amines) is 1. The molecule has 148 valence electrons. The number of nitrogens with one attached hydrogen (secondary N) is 1. The van der Waals surface area contributed by atoms with Crippen LogP contribution in [0.5, 0.6) is 0 Å². The molecule has 0 saturated carbocycles. The zero-order chi connectivity index (χ0) is 20.0. The van der Waals surface area contributed by atoms with Crippen molar-refractivity contribution in [3.8, 4) is 0 Å². The van der Waals surface area contributed by atoms with Gasteiger partial charge in [0, 0.05) is 23.3 Å². The second-order valence-electron chi connectivity index (χ2n) is 8.86. The zero-order valence-corrected chi connectivity index (χ0v) is 16.9. The molecule has 0 aliphatic carbocycles. The third kappa shape index (κ3) is 1.80. The summed E-state index contributed by atoms with van der Waals surface area (Å²) in [6.07, 6.45) is 2.54. The van der Waals surface area contributed by atoms with E-state index in [0.29, 0.717) is 0 Å². The lowest BCUT2D eigenvalue weighted by atomic mass is 9.75. The number of nitrogens with zero attached hydrogens (tertiary/aromatic N) is 2. The van der Waals surface area contributed by atoms with Crippen molar-refractivity contribution >= 4 is 23.4 Å². The number of hydrogen-bond donors (Lipinski definition) is 1. The van der Waals surface area contributed by atoms with E-state index in [-0.39, 0.29) is 29.8 Å². The van der Waals surface area contributed by atoms with Gasteiger partial charge in [0.15, 0.2) is 0 Å². The zero-order valence-electron chi connectivity index (χ0n) is 16.9. The molecule has 1 aromatic rings. The highest BCUT2D eigenvalue weighted by Gasteiger charge is 2.74. The Morgan fingerprint density at radius 2 is 1.96 bits per heavy atom. The number of fused-ring (bicyclic) bond motifs is 7. The number of anilines is 1. The number of imide groups is 1. The van der Waals surface area contributed by atoms with Gasteiger partial charge in [-0.1, -0.05) is 19.1 Å². The SMILES string of the molecule is CCC(C)N1C(=O)C2C3CCCN3C3(C(=O)Nc4c3ccc(C)c4C)C2C1=O. The van der Waals surface area contributed by atoms with Crippen LogP contribution in [0.15, 0.2) is 12.1 Å². The van der Waals surface area contributed by atoms with Gasteiger partial charge in [-0.15, -0.1) is 0 Å². The number of rotatable bonds is 2. The van der Waals surface area contributed by atoms with Crippen molar-refractivity contribution in [3.05, 3.63) is 28.8 Å². The molecule has 4 aliphatic rings. The number of carbonyl (C=O) groups excluding carboxylic acids is 3. The van der Waals surface area contributed by atoms with E-state index in [2.05, 4.69) is 10.2 Å². The second kappa shape index (κ2) is 5.66. The molecule has 3 amide bonds. The van der Waals surface area contributed by atoms with Crippen molar-refractivity contribution in [1.29, 1.82) is 0 Å². The molecule has 3 saturated heterocycles. The molecular weight excluding hydrogens is 354 g/mol. The Bertz CT molecular complexity index is 926. The summed E-state index contributed by atoms with van der Waals surface area (Å²) < 4.78 is 0. The van der Waals surface area contributed by atoms with Gasteiger partial charge in [-0.05, 0) is 57.7 Å². The van der Waals surface area contributed by atoms with Crippen LogP contribution in [0.4, 0.5) is 5.69 Å². The Kier molecular flexibility index (Phi) is 3.61. The lowest BCUT2D eigenvalue weighted by Gasteiger charge is -2.37. The van der Waals surface area contributed by atoms with Crippen LogP contribution in [-0.2, 0) is 19.9 Å². The van der Waals surface area contributed by atoms with E-state index in [9.17, 15) is 14.4 Å². The van der Waals surface area contributed by atoms with Crippen LogP contribution in [0.2, 0.25) is 0 Å². The maximum atomic E-state index is 13.6. The molecule has 1 spiro atoms. The fourth-order valence-electron chi connectivity index (χ4n) is 6.16. The van der Waals surface area contributed by atoms with Gasteiger partial charge in [-0.2, -0.15) is 0 Å². The molecule has 4 aliphatic heterocycles. The van der Waals surface area contributed by atoms with E-state index in [1.54, 1.807) is 0 Å². The number of carbonyl (C=O) groups is 3. The summed E-state index contributed by atoms with van der Waals surface area (Å²) in [5, 5.41) is 3.10. The average molecular weight is 381 g/mol. The first kappa shape index (κ1) is 17.9. The van der Waals surface area contributed by atoms with E-state index in [0.717, 1.165) is 48.2 Å². The maximum Gasteiger partial charge on any atom is 0.250 e. The third-order valence-electron chi connectivity index (χ3n) is 7.76. The van der Waals surface area contributed by atoms with Crippen LogP contribution in [0.1, 0.15) is 49.8 Å². The molecule has 4 heterocycles. The summed E-state index contributed by atoms with van der Waals surface area (Å²) >= 11 is 0. The van der Waals surface area contributed by atoms with Gasteiger partial charge in [0.2, 0.25) is 17.7 Å². The molecule has 0 radical (unpaired) electrons. The van der Waals surface area contributed by atoms with Crippen LogP contribution in [0.3, 0.4) is 0 Å². The topological polar surface area (TPSA) is 69.7 Å². The van der Waals surface area contributed by atoms with Gasteiger partial charge >= 0.3 is 0 Å². The predicted molar refractivity (Wildman–Crippen MR) is 105 cm³/mol. The highest BCUT2D eigenvalue weighted by molar-refractivity contribution is 6.15. The summed E-state index contributed by atoms with van der Waals surface area (Å²) in [6, 6.07) is 3.86. The van der Waals surface area contributed by atoms with Gasteiger partial charge in [-0.25, -0.2) is 0 Å². The first-order valence-electron chi connectivity index (χ1n) is 10.4. The maximum absolute atomic E-state index is 13.6. The van der Waals surface area contributed by atoms with Crippen molar-refractivity contribution in [1.82, 2.24) is 9.80 Å². The van der Waals surface area contributed by atoms with E-state index < -0.39 is 17.4 Å².